The lowest BCUT2D eigenvalue weighted by Crippen LogP contribution is -2.49. The minimum atomic E-state index is -0.401. The fraction of sp³-hybridized carbons (Fsp3) is 0.421. The summed E-state index contributed by atoms with van der Waals surface area (Å²) in [6.07, 6.45) is 3.81. The van der Waals surface area contributed by atoms with Gasteiger partial charge >= 0.3 is 0 Å². The zero-order valence-electron chi connectivity index (χ0n) is 15.0. The summed E-state index contributed by atoms with van der Waals surface area (Å²) in [5.74, 6) is -0.426. The van der Waals surface area contributed by atoms with Crippen molar-refractivity contribution in [2.45, 2.75) is 37.9 Å². The molecule has 0 aliphatic carbocycles. The maximum Gasteiger partial charge on any atom is 0.237 e. The summed E-state index contributed by atoms with van der Waals surface area (Å²) in [6, 6.07) is 11.0. The predicted molar refractivity (Wildman–Crippen MR) is 97.9 cm³/mol. The van der Waals surface area contributed by atoms with E-state index in [2.05, 4.69) is 10.4 Å². The number of benzene rings is 1. The summed E-state index contributed by atoms with van der Waals surface area (Å²) in [6.45, 7) is 1.06. The Bertz CT molecular complexity index is 758. The van der Waals surface area contributed by atoms with Crippen molar-refractivity contribution in [1.82, 2.24) is 20.0 Å². The summed E-state index contributed by atoms with van der Waals surface area (Å²) in [7, 11) is 1.87. The Balaban J connectivity index is 1.62. The molecule has 1 aromatic heterocycles. The number of hydrogen-bond donors (Lipinski definition) is 2. The van der Waals surface area contributed by atoms with E-state index >= 15 is 0 Å². The van der Waals surface area contributed by atoms with Crippen molar-refractivity contribution in [2.75, 3.05) is 6.54 Å². The topological polar surface area (TPSA) is 93.2 Å². The van der Waals surface area contributed by atoms with Crippen LogP contribution in [0, 0.1) is 0 Å². The summed E-state index contributed by atoms with van der Waals surface area (Å²) in [4.78, 5) is 26.4. The van der Waals surface area contributed by atoms with Crippen molar-refractivity contribution in [3.05, 3.63) is 53.9 Å². The molecule has 2 aromatic rings. The van der Waals surface area contributed by atoms with Crippen LogP contribution in [0.1, 0.15) is 24.1 Å². The molecule has 0 saturated carbocycles. The molecule has 1 aromatic carbocycles. The van der Waals surface area contributed by atoms with Crippen LogP contribution in [-0.4, -0.2) is 45.1 Å². The minimum Gasteiger partial charge on any atom is -0.368 e. The molecule has 1 aliphatic rings. The molecule has 0 radical (unpaired) electrons. The summed E-state index contributed by atoms with van der Waals surface area (Å²) < 4.78 is 1.74. The molecule has 138 valence electrons. The normalized spacial score (nSPS) is 20.2. The molecule has 2 amide bonds. The number of nitrogens with zero attached hydrogens (tertiary/aromatic N) is 3. The minimum absolute atomic E-state index is 0.0550. The second kappa shape index (κ2) is 8.14. The summed E-state index contributed by atoms with van der Waals surface area (Å²) >= 11 is 0. The van der Waals surface area contributed by atoms with Crippen LogP contribution >= 0.6 is 0 Å². The predicted octanol–water partition coefficient (Wildman–Crippen LogP) is 0.597. The van der Waals surface area contributed by atoms with Gasteiger partial charge in [0.15, 0.2) is 0 Å². The zero-order valence-corrected chi connectivity index (χ0v) is 15.0. The number of nitrogens with two attached hydrogens (primary N) is 1. The Morgan fingerprint density at radius 2 is 1.92 bits per heavy atom. The van der Waals surface area contributed by atoms with Gasteiger partial charge in [0.05, 0.1) is 17.8 Å². The van der Waals surface area contributed by atoms with Crippen molar-refractivity contribution in [3.63, 3.8) is 0 Å². The maximum atomic E-state index is 12.7. The first-order valence-corrected chi connectivity index (χ1v) is 8.90. The number of amides is 2. The van der Waals surface area contributed by atoms with Crippen LogP contribution in [-0.2, 0) is 29.6 Å². The quantitative estimate of drug-likeness (QED) is 0.760. The van der Waals surface area contributed by atoms with E-state index in [4.69, 9.17) is 5.73 Å². The summed E-state index contributed by atoms with van der Waals surface area (Å²) in [5, 5.41) is 7.28. The second-order valence-corrected chi connectivity index (χ2v) is 6.69. The standard InChI is InChI=1S/C19H25N5O2/c1-23-12-10-15(22-23)9-11-21-19(26)17-8-7-16(18(20)25)24(17)13-14-5-3-2-4-6-14/h2-6,10,12,16-17H,7-9,11,13H2,1H3,(H2,20,25)(H,21,26)/t16-,17+/m0/s1. The number of carbonyl (C=O) groups excluding carboxylic acids is 2. The van der Waals surface area contributed by atoms with Crippen molar-refractivity contribution in [3.8, 4) is 0 Å². The van der Waals surface area contributed by atoms with Crippen molar-refractivity contribution in [2.24, 2.45) is 12.8 Å². The molecule has 1 saturated heterocycles. The van der Waals surface area contributed by atoms with Crippen LogP contribution in [0.4, 0.5) is 0 Å². The number of nitrogens with one attached hydrogen (secondary N) is 1. The van der Waals surface area contributed by atoms with Crippen molar-refractivity contribution in [1.29, 1.82) is 0 Å². The lowest BCUT2D eigenvalue weighted by atomic mass is 10.1. The van der Waals surface area contributed by atoms with Crippen molar-refractivity contribution >= 4 is 11.8 Å². The number of likely N-dealkylation sites (tertiary alicyclic amines) is 1. The molecule has 3 N–H and O–H groups in total. The highest BCUT2D eigenvalue weighted by Crippen LogP contribution is 2.26. The lowest BCUT2D eigenvalue weighted by Gasteiger charge is -2.28. The van der Waals surface area contributed by atoms with Gasteiger partial charge in [0.25, 0.3) is 0 Å². The van der Waals surface area contributed by atoms with E-state index < -0.39 is 6.04 Å². The molecule has 2 atom stereocenters. The second-order valence-electron chi connectivity index (χ2n) is 6.69. The number of aryl methyl sites for hydroxylation is 1. The van der Waals surface area contributed by atoms with Gasteiger partial charge in [-0.3, -0.25) is 19.2 Å². The van der Waals surface area contributed by atoms with E-state index in [1.165, 1.54) is 0 Å². The maximum absolute atomic E-state index is 12.7. The Morgan fingerprint density at radius 1 is 1.19 bits per heavy atom. The largest absolute Gasteiger partial charge is 0.368 e. The van der Waals surface area contributed by atoms with Crippen LogP contribution in [0.5, 0.6) is 0 Å². The van der Waals surface area contributed by atoms with Crippen LogP contribution in [0.15, 0.2) is 42.6 Å². The Morgan fingerprint density at radius 3 is 2.58 bits per heavy atom. The molecule has 26 heavy (non-hydrogen) atoms. The van der Waals surface area contributed by atoms with Crippen LogP contribution in [0.25, 0.3) is 0 Å². The average molecular weight is 355 g/mol. The van der Waals surface area contributed by atoms with E-state index in [-0.39, 0.29) is 17.9 Å². The fourth-order valence-electron chi connectivity index (χ4n) is 3.49. The first-order valence-electron chi connectivity index (χ1n) is 8.90. The SMILES string of the molecule is Cn1ccc(CCNC(=O)[C@H]2CC[C@@H](C(N)=O)N2Cc2ccccc2)n1. The van der Waals surface area contributed by atoms with E-state index in [9.17, 15) is 9.59 Å². The van der Waals surface area contributed by atoms with Gasteiger partial charge in [0.1, 0.15) is 0 Å². The molecule has 3 rings (SSSR count). The van der Waals surface area contributed by atoms with Gasteiger partial charge in [-0.25, -0.2) is 0 Å². The molecular formula is C19H25N5O2. The van der Waals surface area contributed by atoms with Crippen LogP contribution < -0.4 is 11.1 Å². The van der Waals surface area contributed by atoms with Gasteiger partial charge in [-0.15, -0.1) is 0 Å². The molecule has 1 aliphatic heterocycles. The van der Waals surface area contributed by atoms with Gasteiger partial charge in [-0.05, 0) is 24.5 Å². The van der Waals surface area contributed by atoms with Gasteiger partial charge in [0, 0.05) is 32.8 Å². The number of primary amides is 1. The molecule has 0 bridgehead atoms. The van der Waals surface area contributed by atoms with Crippen molar-refractivity contribution < 1.29 is 9.59 Å². The monoisotopic (exact) mass is 355 g/mol. The third-order valence-electron chi connectivity index (χ3n) is 4.80. The zero-order chi connectivity index (χ0) is 18.5. The molecule has 0 unspecified atom stereocenters. The molecule has 0 spiro atoms. The van der Waals surface area contributed by atoms with E-state index in [0.717, 1.165) is 11.3 Å². The fourth-order valence-corrected chi connectivity index (χ4v) is 3.49. The Hall–Kier alpha value is -2.67. The third kappa shape index (κ3) is 4.29. The highest BCUT2D eigenvalue weighted by molar-refractivity contribution is 5.86. The summed E-state index contributed by atoms with van der Waals surface area (Å²) in [5.41, 5.74) is 7.56. The Labute approximate surface area is 153 Å². The highest BCUT2D eigenvalue weighted by atomic mass is 16.2. The molecule has 1 fully saturated rings. The molecule has 7 heteroatoms. The van der Waals surface area contributed by atoms with Crippen LogP contribution in [0.2, 0.25) is 0 Å². The van der Waals surface area contributed by atoms with Gasteiger partial charge < -0.3 is 11.1 Å². The first kappa shape index (κ1) is 18.1. The first-order chi connectivity index (χ1) is 12.5. The Kier molecular flexibility index (Phi) is 5.68. The molecule has 7 nitrogen and oxygen atoms in total. The van der Waals surface area contributed by atoms with E-state index in [1.54, 1.807) is 4.68 Å². The number of rotatable bonds is 7. The number of hydrogen-bond acceptors (Lipinski definition) is 4. The number of aromatic nitrogens is 2. The highest BCUT2D eigenvalue weighted by Gasteiger charge is 2.40. The third-order valence-corrected chi connectivity index (χ3v) is 4.80. The van der Waals surface area contributed by atoms with Gasteiger partial charge in [0.2, 0.25) is 11.8 Å². The van der Waals surface area contributed by atoms with E-state index in [1.807, 2.05) is 54.5 Å². The van der Waals surface area contributed by atoms with E-state index in [0.29, 0.717) is 32.4 Å². The van der Waals surface area contributed by atoms with Gasteiger partial charge in [-0.1, -0.05) is 30.3 Å². The molecular weight excluding hydrogens is 330 g/mol. The molecule has 2 heterocycles. The lowest BCUT2D eigenvalue weighted by molar-refractivity contribution is -0.128. The number of carbonyl (C=O) groups is 2. The van der Waals surface area contributed by atoms with Crippen LogP contribution in [0.3, 0.4) is 0 Å². The smallest absolute Gasteiger partial charge is 0.237 e. The van der Waals surface area contributed by atoms with Gasteiger partial charge in [-0.2, -0.15) is 5.10 Å². The average Bonchev–Trinajstić information content (AvgIpc) is 3.22.